The maximum absolute atomic E-state index is 5.11. The van der Waals surface area contributed by atoms with Gasteiger partial charge in [-0.3, -0.25) is 9.58 Å². The summed E-state index contributed by atoms with van der Waals surface area (Å²) in [4.78, 5) is 6.55. The van der Waals surface area contributed by atoms with Gasteiger partial charge in [0, 0.05) is 31.4 Å². The fourth-order valence-corrected chi connectivity index (χ4v) is 1.85. The van der Waals surface area contributed by atoms with E-state index in [1.807, 2.05) is 23.9 Å². The Labute approximate surface area is 113 Å². The van der Waals surface area contributed by atoms with E-state index in [4.69, 9.17) is 4.52 Å². The first-order valence-corrected chi connectivity index (χ1v) is 6.68. The molecule has 0 fully saturated rings. The van der Waals surface area contributed by atoms with Crippen LogP contribution in [0, 0.1) is 0 Å². The zero-order valence-corrected chi connectivity index (χ0v) is 11.8. The van der Waals surface area contributed by atoms with E-state index in [0.717, 1.165) is 25.2 Å². The molecule has 0 spiro atoms. The number of aromatic nitrogens is 4. The quantitative estimate of drug-likeness (QED) is 0.761. The van der Waals surface area contributed by atoms with Crippen LogP contribution in [0.1, 0.15) is 32.0 Å². The maximum Gasteiger partial charge on any atom is 0.226 e. The van der Waals surface area contributed by atoms with Gasteiger partial charge in [-0.2, -0.15) is 10.1 Å². The van der Waals surface area contributed by atoms with Crippen LogP contribution in [0.5, 0.6) is 0 Å². The molecule has 6 nitrogen and oxygen atoms in total. The summed E-state index contributed by atoms with van der Waals surface area (Å²) in [6, 6.07) is 2.38. The summed E-state index contributed by atoms with van der Waals surface area (Å²) in [6.07, 6.45) is 5.61. The predicted molar refractivity (Wildman–Crippen MR) is 71.4 cm³/mol. The molecule has 0 saturated carbocycles. The van der Waals surface area contributed by atoms with E-state index < -0.39 is 0 Å². The Balaban J connectivity index is 1.79. The molecule has 0 saturated heterocycles. The van der Waals surface area contributed by atoms with Crippen molar-refractivity contribution < 1.29 is 4.52 Å². The zero-order valence-electron chi connectivity index (χ0n) is 11.8. The van der Waals surface area contributed by atoms with Crippen molar-refractivity contribution in [2.75, 3.05) is 7.05 Å². The third-order valence-electron chi connectivity index (χ3n) is 3.29. The standard InChI is InChI=1S/C13H21N5O/c1-4-13-15-12(16-19-13)10-17(3)11(2)6-9-18-8-5-7-14-18/h5,7-8,11H,4,6,9-10H2,1-3H3/t11-/m0/s1. The molecule has 0 aliphatic heterocycles. The first-order chi connectivity index (χ1) is 9.19. The molecule has 0 aliphatic rings. The van der Waals surface area contributed by atoms with E-state index in [-0.39, 0.29) is 0 Å². The molecule has 0 amide bonds. The number of aryl methyl sites for hydroxylation is 2. The van der Waals surface area contributed by atoms with Gasteiger partial charge < -0.3 is 4.52 Å². The lowest BCUT2D eigenvalue weighted by molar-refractivity contribution is 0.220. The SMILES string of the molecule is CCc1nc(CN(C)[C@@H](C)CCn2cccn2)no1. The van der Waals surface area contributed by atoms with Gasteiger partial charge in [0.1, 0.15) is 0 Å². The fraction of sp³-hybridized carbons (Fsp3) is 0.615. The zero-order chi connectivity index (χ0) is 13.7. The van der Waals surface area contributed by atoms with E-state index in [9.17, 15) is 0 Å². The van der Waals surface area contributed by atoms with E-state index in [2.05, 4.69) is 34.1 Å². The van der Waals surface area contributed by atoms with Crippen molar-refractivity contribution in [2.24, 2.45) is 0 Å². The molecule has 2 aromatic heterocycles. The van der Waals surface area contributed by atoms with Gasteiger partial charge in [-0.05, 0) is 26.5 Å². The lowest BCUT2D eigenvalue weighted by atomic mass is 10.2. The topological polar surface area (TPSA) is 60.0 Å². The molecule has 1 atom stereocenters. The van der Waals surface area contributed by atoms with Gasteiger partial charge in [-0.1, -0.05) is 12.1 Å². The van der Waals surface area contributed by atoms with Gasteiger partial charge >= 0.3 is 0 Å². The van der Waals surface area contributed by atoms with Crippen LogP contribution in [0.3, 0.4) is 0 Å². The minimum absolute atomic E-state index is 0.438. The second-order valence-electron chi connectivity index (χ2n) is 4.78. The Bertz CT molecular complexity index is 479. The highest BCUT2D eigenvalue weighted by atomic mass is 16.5. The van der Waals surface area contributed by atoms with Crippen LogP contribution in [0.15, 0.2) is 23.0 Å². The fourth-order valence-electron chi connectivity index (χ4n) is 1.85. The van der Waals surface area contributed by atoms with Crippen molar-refractivity contribution in [3.63, 3.8) is 0 Å². The van der Waals surface area contributed by atoms with Crippen LogP contribution >= 0.6 is 0 Å². The molecule has 0 unspecified atom stereocenters. The summed E-state index contributed by atoms with van der Waals surface area (Å²) in [6.45, 7) is 5.84. The van der Waals surface area contributed by atoms with Crippen LogP contribution in [-0.2, 0) is 19.5 Å². The molecular formula is C13H21N5O. The third-order valence-corrected chi connectivity index (χ3v) is 3.29. The highest BCUT2D eigenvalue weighted by molar-refractivity contribution is 4.86. The summed E-state index contributed by atoms with van der Waals surface area (Å²) in [5, 5.41) is 8.18. The van der Waals surface area contributed by atoms with Gasteiger partial charge in [-0.15, -0.1) is 0 Å². The third kappa shape index (κ3) is 3.89. The molecule has 2 aromatic rings. The maximum atomic E-state index is 5.11. The normalized spacial score (nSPS) is 13.1. The Kier molecular flexibility index (Phi) is 4.68. The molecule has 19 heavy (non-hydrogen) atoms. The summed E-state index contributed by atoms with van der Waals surface area (Å²) < 4.78 is 7.06. The van der Waals surface area contributed by atoms with E-state index in [0.29, 0.717) is 18.5 Å². The Hall–Kier alpha value is -1.69. The van der Waals surface area contributed by atoms with E-state index >= 15 is 0 Å². The van der Waals surface area contributed by atoms with Crippen molar-refractivity contribution >= 4 is 0 Å². The van der Waals surface area contributed by atoms with Crippen molar-refractivity contribution in [1.82, 2.24) is 24.8 Å². The lowest BCUT2D eigenvalue weighted by Crippen LogP contribution is -2.30. The Morgan fingerprint density at radius 2 is 2.32 bits per heavy atom. The average molecular weight is 263 g/mol. The molecule has 0 aromatic carbocycles. The van der Waals surface area contributed by atoms with Crippen molar-refractivity contribution in [1.29, 1.82) is 0 Å². The van der Waals surface area contributed by atoms with E-state index in [1.54, 1.807) is 6.20 Å². The molecule has 0 N–H and O–H groups in total. The highest BCUT2D eigenvalue weighted by Gasteiger charge is 2.13. The molecule has 6 heteroatoms. The second-order valence-corrected chi connectivity index (χ2v) is 4.78. The van der Waals surface area contributed by atoms with Gasteiger partial charge in [0.2, 0.25) is 5.89 Å². The lowest BCUT2D eigenvalue weighted by Gasteiger charge is -2.23. The van der Waals surface area contributed by atoms with Crippen LogP contribution in [0.25, 0.3) is 0 Å². The van der Waals surface area contributed by atoms with Crippen molar-refractivity contribution in [3.8, 4) is 0 Å². The number of hydrogen-bond acceptors (Lipinski definition) is 5. The summed E-state index contributed by atoms with van der Waals surface area (Å²) in [5.74, 6) is 1.46. The molecule has 2 rings (SSSR count). The van der Waals surface area contributed by atoms with Crippen molar-refractivity contribution in [2.45, 2.75) is 45.8 Å². The molecule has 2 heterocycles. The summed E-state index contributed by atoms with van der Waals surface area (Å²) in [7, 11) is 2.08. The predicted octanol–water partition coefficient (Wildman–Crippen LogP) is 1.74. The molecule has 0 radical (unpaired) electrons. The number of rotatable bonds is 7. The molecular weight excluding hydrogens is 242 g/mol. The molecule has 104 valence electrons. The highest BCUT2D eigenvalue weighted by Crippen LogP contribution is 2.08. The van der Waals surface area contributed by atoms with Gasteiger partial charge in [0.25, 0.3) is 0 Å². The van der Waals surface area contributed by atoms with Gasteiger partial charge in [0.05, 0.1) is 6.54 Å². The van der Waals surface area contributed by atoms with Crippen LogP contribution < -0.4 is 0 Å². The van der Waals surface area contributed by atoms with Crippen LogP contribution in [-0.4, -0.2) is 37.9 Å². The minimum atomic E-state index is 0.438. The molecule has 0 aliphatic carbocycles. The average Bonchev–Trinajstić information content (AvgIpc) is 3.06. The van der Waals surface area contributed by atoms with Crippen molar-refractivity contribution in [3.05, 3.63) is 30.2 Å². The Morgan fingerprint density at radius 3 is 2.95 bits per heavy atom. The largest absolute Gasteiger partial charge is 0.339 e. The second kappa shape index (κ2) is 6.47. The van der Waals surface area contributed by atoms with Crippen LogP contribution in [0.4, 0.5) is 0 Å². The smallest absolute Gasteiger partial charge is 0.226 e. The van der Waals surface area contributed by atoms with Crippen LogP contribution in [0.2, 0.25) is 0 Å². The van der Waals surface area contributed by atoms with Gasteiger partial charge in [0.15, 0.2) is 5.82 Å². The van der Waals surface area contributed by atoms with Gasteiger partial charge in [-0.25, -0.2) is 0 Å². The summed E-state index contributed by atoms with van der Waals surface area (Å²) >= 11 is 0. The first-order valence-electron chi connectivity index (χ1n) is 6.68. The number of hydrogen-bond donors (Lipinski definition) is 0. The monoisotopic (exact) mass is 263 g/mol. The summed E-state index contributed by atoms with van der Waals surface area (Å²) in [5.41, 5.74) is 0. The van der Waals surface area contributed by atoms with E-state index in [1.165, 1.54) is 0 Å². The minimum Gasteiger partial charge on any atom is -0.339 e. The molecule has 0 bridgehead atoms. The Morgan fingerprint density at radius 1 is 1.47 bits per heavy atom. The number of nitrogens with zero attached hydrogens (tertiary/aromatic N) is 5. The first kappa shape index (κ1) is 13.7.